The Kier molecular flexibility index (Phi) is 4.03. The molecule has 1 amide bonds. The molecule has 0 aromatic carbocycles. The Labute approximate surface area is 119 Å². The standard InChI is InChI=1S/C14H23N5O/c1-17-10-12(7-16-17)11-18-3-2-4-19(6-5-18)14(20)13-8-15-9-13/h7,10,13,15H,2-6,8-9,11H2,1H3. The predicted molar refractivity (Wildman–Crippen MR) is 76.0 cm³/mol. The van der Waals surface area contributed by atoms with Gasteiger partial charge in [-0.25, -0.2) is 0 Å². The largest absolute Gasteiger partial charge is 0.341 e. The first-order chi connectivity index (χ1) is 9.72. The second kappa shape index (κ2) is 5.93. The highest BCUT2D eigenvalue weighted by atomic mass is 16.2. The molecule has 2 aliphatic heterocycles. The summed E-state index contributed by atoms with van der Waals surface area (Å²) >= 11 is 0. The van der Waals surface area contributed by atoms with E-state index in [0.29, 0.717) is 5.91 Å². The molecule has 6 heteroatoms. The molecule has 0 bridgehead atoms. The summed E-state index contributed by atoms with van der Waals surface area (Å²) in [5.74, 6) is 0.562. The third-order valence-corrected chi connectivity index (χ3v) is 4.20. The van der Waals surface area contributed by atoms with E-state index in [0.717, 1.165) is 52.2 Å². The summed E-state index contributed by atoms with van der Waals surface area (Å²) in [7, 11) is 1.94. The van der Waals surface area contributed by atoms with Crippen molar-refractivity contribution < 1.29 is 4.79 Å². The third kappa shape index (κ3) is 3.02. The van der Waals surface area contributed by atoms with Crippen molar-refractivity contribution in [1.82, 2.24) is 24.9 Å². The maximum Gasteiger partial charge on any atom is 0.228 e. The Morgan fingerprint density at radius 3 is 2.85 bits per heavy atom. The first kappa shape index (κ1) is 13.6. The molecule has 3 rings (SSSR count). The lowest BCUT2D eigenvalue weighted by Crippen LogP contribution is -2.52. The molecule has 2 saturated heterocycles. The average molecular weight is 277 g/mol. The minimum Gasteiger partial charge on any atom is -0.341 e. The van der Waals surface area contributed by atoms with Crippen molar-refractivity contribution in [2.24, 2.45) is 13.0 Å². The van der Waals surface area contributed by atoms with Gasteiger partial charge in [0.2, 0.25) is 5.91 Å². The molecule has 2 aliphatic rings. The number of aromatic nitrogens is 2. The van der Waals surface area contributed by atoms with E-state index in [1.807, 2.05) is 17.9 Å². The van der Waals surface area contributed by atoms with Gasteiger partial charge in [0, 0.05) is 64.6 Å². The normalized spacial score (nSPS) is 21.6. The number of nitrogens with zero attached hydrogens (tertiary/aromatic N) is 4. The zero-order valence-electron chi connectivity index (χ0n) is 12.1. The van der Waals surface area contributed by atoms with Gasteiger partial charge in [0.1, 0.15) is 0 Å². The van der Waals surface area contributed by atoms with Crippen LogP contribution >= 0.6 is 0 Å². The molecule has 0 aliphatic carbocycles. The Balaban J connectivity index is 1.52. The number of hydrogen-bond acceptors (Lipinski definition) is 4. The molecule has 0 unspecified atom stereocenters. The minimum atomic E-state index is 0.222. The second-order valence-corrected chi connectivity index (χ2v) is 5.83. The van der Waals surface area contributed by atoms with Crippen LogP contribution < -0.4 is 5.32 Å². The van der Waals surface area contributed by atoms with Crippen LogP contribution in [0.25, 0.3) is 0 Å². The zero-order chi connectivity index (χ0) is 13.9. The number of amides is 1. The van der Waals surface area contributed by atoms with Crippen molar-refractivity contribution >= 4 is 5.91 Å². The molecule has 110 valence electrons. The van der Waals surface area contributed by atoms with Gasteiger partial charge in [-0.15, -0.1) is 0 Å². The summed E-state index contributed by atoms with van der Waals surface area (Å²) in [5.41, 5.74) is 1.25. The minimum absolute atomic E-state index is 0.222. The van der Waals surface area contributed by atoms with E-state index in [2.05, 4.69) is 26.4 Å². The van der Waals surface area contributed by atoms with Crippen molar-refractivity contribution in [2.75, 3.05) is 39.3 Å². The average Bonchev–Trinajstić information content (AvgIpc) is 2.62. The van der Waals surface area contributed by atoms with E-state index in [4.69, 9.17) is 0 Å². The van der Waals surface area contributed by atoms with Gasteiger partial charge in [-0.05, 0) is 6.42 Å². The lowest BCUT2D eigenvalue weighted by atomic mass is 10.0. The van der Waals surface area contributed by atoms with Crippen molar-refractivity contribution in [3.8, 4) is 0 Å². The molecule has 2 fully saturated rings. The van der Waals surface area contributed by atoms with Crippen LogP contribution in [0.3, 0.4) is 0 Å². The summed E-state index contributed by atoms with van der Waals surface area (Å²) in [4.78, 5) is 16.7. The molecule has 1 N–H and O–H groups in total. The molecule has 0 saturated carbocycles. The van der Waals surface area contributed by atoms with Gasteiger partial charge >= 0.3 is 0 Å². The fourth-order valence-electron chi connectivity index (χ4n) is 2.88. The topological polar surface area (TPSA) is 53.4 Å². The van der Waals surface area contributed by atoms with E-state index in [9.17, 15) is 4.79 Å². The SMILES string of the molecule is Cn1cc(CN2CCCN(C(=O)C3CNC3)CC2)cn1. The van der Waals surface area contributed by atoms with Crippen LogP contribution in [0.15, 0.2) is 12.4 Å². The summed E-state index contributed by atoms with van der Waals surface area (Å²) < 4.78 is 1.84. The Morgan fingerprint density at radius 1 is 1.35 bits per heavy atom. The van der Waals surface area contributed by atoms with E-state index in [-0.39, 0.29) is 5.92 Å². The highest BCUT2D eigenvalue weighted by molar-refractivity contribution is 5.80. The van der Waals surface area contributed by atoms with E-state index < -0.39 is 0 Å². The molecule has 0 spiro atoms. The molecule has 0 radical (unpaired) electrons. The van der Waals surface area contributed by atoms with Crippen molar-refractivity contribution in [3.63, 3.8) is 0 Å². The number of nitrogens with one attached hydrogen (secondary N) is 1. The van der Waals surface area contributed by atoms with Gasteiger partial charge in [0.25, 0.3) is 0 Å². The highest BCUT2D eigenvalue weighted by Gasteiger charge is 2.30. The summed E-state index contributed by atoms with van der Waals surface area (Å²) in [6.45, 7) is 6.42. The summed E-state index contributed by atoms with van der Waals surface area (Å²) in [5, 5.41) is 7.38. The van der Waals surface area contributed by atoms with Gasteiger partial charge in [-0.2, -0.15) is 5.10 Å². The van der Waals surface area contributed by atoms with E-state index >= 15 is 0 Å². The molecule has 1 aromatic heterocycles. The van der Waals surface area contributed by atoms with E-state index in [1.165, 1.54) is 5.56 Å². The predicted octanol–water partition coefficient (Wildman–Crippen LogP) is -0.326. The van der Waals surface area contributed by atoms with Gasteiger partial charge in [-0.3, -0.25) is 14.4 Å². The summed E-state index contributed by atoms with van der Waals surface area (Å²) in [6.07, 6.45) is 5.05. The van der Waals surface area contributed by atoms with Crippen LogP contribution in [0.5, 0.6) is 0 Å². The van der Waals surface area contributed by atoms with Crippen LogP contribution in [-0.2, 0) is 18.4 Å². The van der Waals surface area contributed by atoms with Crippen molar-refractivity contribution in [2.45, 2.75) is 13.0 Å². The zero-order valence-corrected chi connectivity index (χ0v) is 12.1. The Morgan fingerprint density at radius 2 is 2.20 bits per heavy atom. The number of aryl methyl sites for hydroxylation is 1. The fraction of sp³-hybridized carbons (Fsp3) is 0.714. The van der Waals surface area contributed by atoms with Crippen LogP contribution in [0, 0.1) is 5.92 Å². The molecular formula is C14H23N5O. The first-order valence-electron chi connectivity index (χ1n) is 7.42. The quantitative estimate of drug-likeness (QED) is 0.822. The van der Waals surface area contributed by atoms with Gasteiger partial charge < -0.3 is 10.2 Å². The smallest absolute Gasteiger partial charge is 0.228 e. The first-order valence-corrected chi connectivity index (χ1v) is 7.42. The molecule has 3 heterocycles. The van der Waals surface area contributed by atoms with Crippen LogP contribution in [0.1, 0.15) is 12.0 Å². The van der Waals surface area contributed by atoms with Gasteiger partial charge in [0.15, 0.2) is 0 Å². The number of hydrogen-bond donors (Lipinski definition) is 1. The van der Waals surface area contributed by atoms with Crippen LogP contribution in [-0.4, -0.2) is 64.8 Å². The molecule has 0 atom stereocenters. The fourth-order valence-corrected chi connectivity index (χ4v) is 2.88. The highest BCUT2D eigenvalue weighted by Crippen LogP contribution is 2.13. The summed E-state index contributed by atoms with van der Waals surface area (Å²) in [6, 6.07) is 0. The molecular weight excluding hydrogens is 254 g/mol. The number of rotatable bonds is 3. The third-order valence-electron chi connectivity index (χ3n) is 4.20. The maximum absolute atomic E-state index is 12.3. The number of carbonyl (C=O) groups is 1. The Bertz CT molecular complexity index is 468. The monoisotopic (exact) mass is 277 g/mol. The van der Waals surface area contributed by atoms with Crippen LogP contribution in [0.4, 0.5) is 0 Å². The lowest BCUT2D eigenvalue weighted by molar-refractivity contribution is -0.136. The second-order valence-electron chi connectivity index (χ2n) is 5.83. The van der Waals surface area contributed by atoms with Crippen LogP contribution in [0.2, 0.25) is 0 Å². The van der Waals surface area contributed by atoms with E-state index in [1.54, 1.807) is 0 Å². The van der Waals surface area contributed by atoms with Gasteiger partial charge in [-0.1, -0.05) is 0 Å². The van der Waals surface area contributed by atoms with Crippen molar-refractivity contribution in [1.29, 1.82) is 0 Å². The lowest BCUT2D eigenvalue weighted by Gasteiger charge is -2.31. The van der Waals surface area contributed by atoms with Gasteiger partial charge in [0.05, 0.1) is 12.1 Å². The maximum atomic E-state index is 12.3. The molecule has 1 aromatic rings. The number of carbonyl (C=O) groups excluding carboxylic acids is 1. The van der Waals surface area contributed by atoms with Crippen molar-refractivity contribution in [3.05, 3.63) is 18.0 Å². The molecule has 20 heavy (non-hydrogen) atoms. The Hall–Kier alpha value is -1.40. The molecule has 6 nitrogen and oxygen atoms in total.